The summed E-state index contributed by atoms with van der Waals surface area (Å²) in [5.74, 6) is 0. The third-order valence-corrected chi connectivity index (χ3v) is 2.31. The van der Waals surface area contributed by atoms with Crippen molar-refractivity contribution >= 4 is 0 Å². The van der Waals surface area contributed by atoms with Gasteiger partial charge in [0, 0.05) is 31.4 Å². The molecule has 0 bridgehead atoms. The van der Waals surface area contributed by atoms with Crippen molar-refractivity contribution in [2.24, 2.45) is 0 Å². The van der Waals surface area contributed by atoms with Gasteiger partial charge in [-0.05, 0) is 13.3 Å². The molecule has 0 radical (unpaired) electrons. The van der Waals surface area contributed by atoms with Crippen LogP contribution in [-0.2, 0) is 0 Å². The van der Waals surface area contributed by atoms with Gasteiger partial charge in [0.1, 0.15) is 0 Å². The van der Waals surface area contributed by atoms with Gasteiger partial charge in [0.25, 0.3) is 0 Å². The lowest BCUT2D eigenvalue weighted by Crippen LogP contribution is -2.46. The summed E-state index contributed by atoms with van der Waals surface area (Å²) in [7, 11) is 0. The largest absolute Gasteiger partial charge is 0.372 e. The zero-order chi connectivity index (χ0) is 6.97. The number of hydrogen-bond donors (Lipinski definition) is 1. The van der Waals surface area contributed by atoms with E-state index >= 15 is 0 Å². The van der Waals surface area contributed by atoms with Gasteiger partial charge in [-0.15, -0.1) is 0 Å². The molecule has 0 aromatic rings. The van der Waals surface area contributed by atoms with Crippen LogP contribution >= 0.6 is 0 Å². The molecule has 1 saturated heterocycles. The van der Waals surface area contributed by atoms with Crippen LogP contribution in [0.4, 0.5) is 0 Å². The summed E-state index contributed by atoms with van der Waals surface area (Å²) < 4.78 is 0. The molecule has 2 heterocycles. The van der Waals surface area contributed by atoms with E-state index in [1.165, 1.54) is 25.2 Å². The standard InChI is InChI=1S/C8H14N2/c1-7-6-10-4-2-3-8(10)5-9-7/h3,7,9H,2,4-6H2,1H3/t7-/m0/s1. The summed E-state index contributed by atoms with van der Waals surface area (Å²) >= 11 is 0. The second-order valence-corrected chi connectivity index (χ2v) is 3.21. The predicted octanol–water partition coefficient (Wildman–Crippen LogP) is 0.568. The molecule has 0 aromatic heterocycles. The summed E-state index contributed by atoms with van der Waals surface area (Å²) in [5.41, 5.74) is 1.51. The van der Waals surface area contributed by atoms with Gasteiger partial charge in [0.15, 0.2) is 0 Å². The first-order chi connectivity index (χ1) is 4.86. The second-order valence-electron chi connectivity index (χ2n) is 3.21. The molecule has 2 heteroatoms. The molecule has 1 N–H and O–H groups in total. The van der Waals surface area contributed by atoms with Crippen LogP contribution in [0.1, 0.15) is 13.3 Å². The highest BCUT2D eigenvalue weighted by Crippen LogP contribution is 2.17. The minimum atomic E-state index is 0.676. The minimum absolute atomic E-state index is 0.676. The van der Waals surface area contributed by atoms with Crippen LogP contribution in [0.25, 0.3) is 0 Å². The smallest absolute Gasteiger partial charge is 0.0355 e. The van der Waals surface area contributed by atoms with Crippen molar-refractivity contribution in [3.8, 4) is 0 Å². The minimum Gasteiger partial charge on any atom is -0.372 e. The van der Waals surface area contributed by atoms with E-state index in [1.54, 1.807) is 0 Å². The highest BCUT2D eigenvalue weighted by Gasteiger charge is 2.21. The number of hydrogen-bond acceptors (Lipinski definition) is 2. The number of nitrogens with one attached hydrogen (secondary N) is 1. The molecule has 0 aliphatic carbocycles. The molecule has 2 nitrogen and oxygen atoms in total. The Kier molecular flexibility index (Phi) is 1.42. The Morgan fingerprint density at radius 1 is 1.70 bits per heavy atom. The maximum atomic E-state index is 3.44. The Hall–Kier alpha value is -0.500. The van der Waals surface area contributed by atoms with Gasteiger partial charge in [-0.25, -0.2) is 0 Å². The predicted molar refractivity (Wildman–Crippen MR) is 41.7 cm³/mol. The fourth-order valence-electron chi connectivity index (χ4n) is 1.73. The van der Waals surface area contributed by atoms with Gasteiger partial charge in [0.2, 0.25) is 0 Å². The maximum Gasteiger partial charge on any atom is 0.0355 e. The van der Waals surface area contributed by atoms with Crippen LogP contribution in [0.5, 0.6) is 0 Å². The van der Waals surface area contributed by atoms with Gasteiger partial charge in [-0.1, -0.05) is 6.08 Å². The summed E-state index contributed by atoms with van der Waals surface area (Å²) in [4.78, 5) is 2.49. The molecule has 0 aromatic carbocycles. The average Bonchev–Trinajstić information content (AvgIpc) is 2.33. The van der Waals surface area contributed by atoms with E-state index in [4.69, 9.17) is 0 Å². The van der Waals surface area contributed by atoms with Crippen molar-refractivity contribution in [3.05, 3.63) is 11.8 Å². The van der Waals surface area contributed by atoms with E-state index in [0.717, 1.165) is 6.54 Å². The van der Waals surface area contributed by atoms with Gasteiger partial charge < -0.3 is 10.2 Å². The van der Waals surface area contributed by atoms with Crippen molar-refractivity contribution in [1.29, 1.82) is 0 Å². The lowest BCUT2D eigenvalue weighted by Gasteiger charge is -2.32. The van der Waals surface area contributed by atoms with Gasteiger partial charge in [-0.3, -0.25) is 0 Å². The van der Waals surface area contributed by atoms with Crippen molar-refractivity contribution in [3.63, 3.8) is 0 Å². The molecular formula is C8H14N2. The van der Waals surface area contributed by atoms with Crippen LogP contribution in [0, 0.1) is 0 Å². The Morgan fingerprint density at radius 2 is 2.60 bits per heavy atom. The summed E-state index contributed by atoms with van der Waals surface area (Å²) in [6.45, 7) is 5.78. The SMILES string of the molecule is C[C@H]1CN2CCC=C2CN1. The third kappa shape index (κ3) is 0.926. The Balaban J connectivity index is 2.06. The Labute approximate surface area is 61.9 Å². The molecule has 2 aliphatic heterocycles. The van der Waals surface area contributed by atoms with E-state index in [9.17, 15) is 0 Å². The van der Waals surface area contributed by atoms with Crippen molar-refractivity contribution < 1.29 is 0 Å². The maximum absolute atomic E-state index is 3.44. The number of nitrogens with zero attached hydrogens (tertiary/aromatic N) is 1. The van der Waals surface area contributed by atoms with E-state index in [0.29, 0.717) is 6.04 Å². The first kappa shape index (κ1) is 6.23. The van der Waals surface area contributed by atoms with Crippen LogP contribution in [0.15, 0.2) is 11.8 Å². The normalized spacial score (nSPS) is 31.9. The third-order valence-electron chi connectivity index (χ3n) is 2.31. The first-order valence-corrected chi connectivity index (χ1v) is 4.03. The molecule has 10 heavy (non-hydrogen) atoms. The molecule has 0 amide bonds. The molecule has 0 saturated carbocycles. The quantitative estimate of drug-likeness (QED) is 0.526. The Bertz CT molecular complexity index is 163. The topological polar surface area (TPSA) is 15.3 Å². The fourth-order valence-corrected chi connectivity index (χ4v) is 1.73. The second kappa shape index (κ2) is 2.27. The molecule has 56 valence electrons. The van der Waals surface area contributed by atoms with Crippen LogP contribution in [0.2, 0.25) is 0 Å². The summed E-state index contributed by atoms with van der Waals surface area (Å²) in [6, 6.07) is 0.676. The van der Waals surface area contributed by atoms with Gasteiger partial charge in [-0.2, -0.15) is 0 Å². The van der Waals surface area contributed by atoms with Gasteiger partial charge >= 0.3 is 0 Å². The lowest BCUT2D eigenvalue weighted by atomic mass is 10.2. The van der Waals surface area contributed by atoms with E-state index in [2.05, 4.69) is 23.2 Å². The fraction of sp³-hybridized carbons (Fsp3) is 0.750. The zero-order valence-electron chi connectivity index (χ0n) is 6.43. The van der Waals surface area contributed by atoms with E-state index < -0.39 is 0 Å². The average molecular weight is 138 g/mol. The number of fused-ring (bicyclic) bond motifs is 1. The molecule has 1 atom stereocenters. The number of piperazine rings is 1. The van der Waals surface area contributed by atoms with Crippen LogP contribution in [-0.4, -0.2) is 30.6 Å². The van der Waals surface area contributed by atoms with Crippen molar-refractivity contribution in [2.45, 2.75) is 19.4 Å². The van der Waals surface area contributed by atoms with Gasteiger partial charge in [0.05, 0.1) is 0 Å². The lowest BCUT2D eigenvalue weighted by molar-refractivity contribution is 0.284. The van der Waals surface area contributed by atoms with Crippen LogP contribution in [0.3, 0.4) is 0 Å². The highest BCUT2D eigenvalue weighted by atomic mass is 15.2. The number of rotatable bonds is 0. The molecule has 2 rings (SSSR count). The van der Waals surface area contributed by atoms with Crippen molar-refractivity contribution in [1.82, 2.24) is 10.2 Å². The summed E-state index contributed by atoms with van der Waals surface area (Å²) in [6.07, 6.45) is 3.60. The first-order valence-electron chi connectivity index (χ1n) is 4.03. The molecule has 0 spiro atoms. The summed E-state index contributed by atoms with van der Waals surface area (Å²) in [5, 5.41) is 3.44. The molecule has 1 fully saturated rings. The van der Waals surface area contributed by atoms with E-state index in [1.807, 2.05) is 0 Å². The zero-order valence-corrected chi connectivity index (χ0v) is 6.43. The highest BCUT2D eigenvalue weighted by molar-refractivity contribution is 5.12. The Morgan fingerprint density at radius 3 is 3.50 bits per heavy atom. The van der Waals surface area contributed by atoms with Crippen LogP contribution < -0.4 is 5.32 Å². The van der Waals surface area contributed by atoms with E-state index in [-0.39, 0.29) is 0 Å². The molecule has 2 aliphatic rings. The monoisotopic (exact) mass is 138 g/mol. The van der Waals surface area contributed by atoms with Crippen molar-refractivity contribution in [2.75, 3.05) is 19.6 Å². The molecule has 0 unspecified atom stereocenters. The molecular weight excluding hydrogens is 124 g/mol.